The summed E-state index contributed by atoms with van der Waals surface area (Å²) in [7, 11) is 1.59. The highest BCUT2D eigenvalue weighted by molar-refractivity contribution is 6.07. The molecule has 0 atom stereocenters. The minimum absolute atomic E-state index is 0.00320. The van der Waals surface area contributed by atoms with Gasteiger partial charge in [-0.1, -0.05) is 18.2 Å². The molecule has 24 heavy (non-hydrogen) atoms. The summed E-state index contributed by atoms with van der Waals surface area (Å²) in [5, 5.41) is 0. The van der Waals surface area contributed by atoms with Crippen LogP contribution in [0.2, 0.25) is 0 Å². The number of nitrogens with zero attached hydrogens (tertiary/aromatic N) is 1. The fourth-order valence-corrected chi connectivity index (χ4v) is 3.05. The number of para-hydroxylation sites is 1. The van der Waals surface area contributed by atoms with E-state index >= 15 is 0 Å². The van der Waals surface area contributed by atoms with Gasteiger partial charge in [-0.15, -0.1) is 0 Å². The third-order valence-electron chi connectivity index (χ3n) is 4.13. The van der Waals surface area contributed by atoms with E-state index < -0.39 is 0 Å². The van der Waals surface area contributed by atoms with E-state index in [1.54, 1.807) is 19.2 Å². The van der Waals surface area contributed by atoms with E-state index in [9.17, 15) is 4.79 Å². The molecule has 0 N–H and O–H groups in total. The van der Waals surface area contributed by atoms with Gasteiger partial charge in [0.25, 0.3) is 5.91 Å². The Morgan fingerprint density at radius 3 is 2.67 bits per heavy atom. The predicted octanol–water partition coefficient (Wildman–Crippen LogP) is 4.08. The van der Waals surface area contributed by atoms with Crippen molar-refractivity contribution in [2.75, 3.05) is 18.6 Å². The maximum absolute atomic E-state index is 13.0. The second kappa shape index (κ2) is 6.95. The molecule has 0 saturated carbocycles. The number of fused-ring (bicyclic) bond motifs is 1. The molecule has 1 aliphatic rings. The summed E-state index contributed by atoms with van der Waals surface area (Å²) < 4.78 is 11.1. The molecule has 0 saturated heterocycles. The average Bonchev–Trinajstić information content (AvgIpc) is 2.60. The molecule has 1 amide bonds. The second-order valence-corrected chi connectivity index (χ2v) is 6.22. The van der Waals surface area contributed by atoms with Gasteiger partial charge >= 0.3 is 0 Å². The van der Waals surface area contributed by atoms with E-state index in [1.165, 1.54) is 5.56 Å². The molecular formula is C20H23NO3. The summed E-state index contributed by atoms with van der Waals surface area (Å²) in [6.07, 6.45) is 2.05. The number of hydrogen-bond acceptors (Lipinski definition) is 3. The first-order chi connectivity index (χ1) is 11.6. The lowest BCUT2D eigenvalue weighted by Gasteiger charge is -2.29. The number of rotatable bonds is 4. The first-order valence-electron chi connectivity index (χ1n) is 8.34. The van der Waals surface area contributed by atoms with Crippen molar-refractivity contribution in [3.8, 4) is 11.5 Å². The summed E-state index contributed by atoms with van der Waals surface area (Å²) in [5.41, 5.74) is 2.85. The topological polar surface area (TPSA) is 38.8 Å². The number of amides is 1. The van der Waals surface area contributed by atoms with Gasteiger partial charge in [-0.25, -0.2) is 0 Å². The third kappa shape index (κ3) is 3.23. The van der Waals surface area contributed by atoms with Crippen LogP contribution in [-0.2, 0) is 6.42 Å². The van der Waals surface area contributed by atoms with Crippen molar-refractivity contribution in [1.29, 1.82) is 0 Å². The number of methoxy groups -OCH3 is 1. The van der Waals surface area contributed by atoms with Gasteiger partial charge in [0, 0.05) is 17.8 Å². The van der Waals surface area contributed by atoms with Crippen molar-refractivity contribution < 1.29 is 14.3 Å². The van der Waals surface area contributed by atoms with E-state index in [1.807, 2.05) is 43.0 Å². The molecule has 1 aliphatic heterocycles. The maximum Gasteiger partial charge on any atom is 0.258 e. The molecule has 0 radical (unpaired) electrons. The van der Waals surface area contributed by atoms with Crippen LogP contribution >= 0.6 is 0 Å². The number of ether oxygens (including phenoxy) is 2. The first-order valence-corrected chi connectivity index (χ1v) is 8.34. The number of carbonyl (C=O) groups is 1. The predicted molar refractivity (Wildman–Crippen MR) is 95.2 cm³/mol. The fourth-order valence-electron chi connectivity index (χ4n) is 3.05. The average molecular weight is 325 g/mol. The molecule has 0 aromatic heterocycles. The Balaban J connectivity index is 1.91. The van der Waals surface area contributed by atoms with Gasteiger partial charge in [0.2, 0.25) is 0 Å². The summed E-state index contributed by atoms with van der Waals surface area (Å²) in [4.78, 5) is 14.9. The molecule has 4 nitrogen and oxygen atoms in total. The van der Waals surface area contributed by atoms with Crippen LogP contribution in [0.5, 0.6) is 11.5 Å². The molecule has 0 spiro atoms. The molecule has 126 valence electrons. The lowest BCUT2D eigenvalue weighted by atomic mass is 10.0. The second-order valence-electron chi connectivity index (χ2n) is 6.22. The van der Waals surface area contributed by atoms with Crippen molar-refractivity contribution in [1.82, 2.24) is 0 Å². The maximum atomic E-state index is 13.0. The van der Waals surface area contributed by atoms with Gasteiger partial charge in [0.15, 0.2) is 11.5 Å². The first kappa shape index (κ1) is 16.4. The number of hydrogen-bond donors (Lipinski definition) is 0. The molecule has 0 bridgehead atoms. The quantitative estimate of drug-likeness (QED) is 0.850. The largest absolute Gasteiger partial charge is 0.493 e. The summed E-state index contributed by atoms with van der Waals surface area (Å²) in [6.45, 7) is 4.66. The van der Waals surface area contributed by atoms with Gasteiger partial charge in [-0.05, 0) is 56.5 Å². The van der Waals surface area contributed by atoms with E-state index in [0.29, 0.717) is 17.1 Å². The van der Waals surface area contributed by atoms with E-state index in [0.717, 1.165) is 25.1 Å². The Hall–Kier alpha value is -2.49. The van der Waals surface area contributed by atoms with Crippen molar-refractivity contribution >= 4 is 11.6 Å². The van der Waals surface area contributed by atoms with Gasteiger partial charge in [0.05, 0.1) is 13.2 Å². The van der Waals surface area contributed by atoms with E-state index in [4.69, 9.17) is 9.47 Å². The zero-order chi connectivity index (χ0) is 17.1. The minimum atomic E-state index is -0.00320. The number of anilines is 1. The van der Waals surface area contributed by atoms with Crippen LogP contribution in [0.3, 0.4) is 0 Å². The Kier molecular flexibility index (Phi) is 4.74. The van der Waals surface area contributed by atoms with Crippen LogP contribution in [0.1, 0.15) is 36.2 Å². The van der Waals surface area contributed by atoms with Crippen LogP contribution in [0.15, 0.2) is 42.5 Å². The van der Waals surface area contributed by atoms with Crippen molar-refractivity contribution in [2.24, 2.45) is 0 Å². The molecule has 4 heteroatoms. The number of aryl methyl sites for hydroxylation is 1. The minimum Gasteiger partial charge on any atom is -0.493 e. The van der Waals surface area contributed by atoms with E-state index in [-0.39, 0.29) is 12.0 Å². The zero-order valence-corrected chi connectivity index (χ0v) is 14.4. The number of carbonyl (C=O) groups excluding carboxylic acids is 1. The molecule has 0 aliphatic carbocycles. The van der Waals surface area contributed by atoms with E-state index in [2.05, 4.69) is 6.07 Å². The summed E-state index contributed by atoms with van der Waals surface area (Å²) >= 11 is 0. The molecule has 1 heterocycles. The SMILES string of the molecule is COc1cc(C(=O)N2CCCc3ccccc32)ccc1OC(C)C. The highest BCUT2D eigenvalue weighted by Crippen LogP contribution is 2.32. The van der Waals surface area contributed by atoms with Crippen molar-refractivity contribution in [3.63, 3.8) is 0 Å². The zero-order valence-electron chi connectivity index (χ0n) is 14.4. The molecular weight excluding hydrogens is 302 g/mol. The van der Waals surface area contributed by atoms with Gasteiger partial charge < -0.3 is 14.4 Å². The summed E-state index contributed by atoms with van der Waals surface area (Å²) in [5.74, 6) is 1.24. The Morgan fingerprint density at radius 2 is 1.92 bits per heavy atom. The highest BCUT2D eigenvalue weighted by atomic mass is 16.5. The highest BCUT2D eigenvalue weighted by Gasteiger charge is 2.24. The molecule has 0 fully saturated rings. The Labute approximate surface area is 143 Å². The van der Waals surface area contributed by atoms with Crippen LogP contribution < -0.4 is 14.4 Å². The van der Waals surface area contributed by atoms with Crippen molar-refractivity contribution in [3.05, 3.63) is 53.6 Å². The monoisotopic (exact) mass is 325 g/mol. The van der Waals surface area contributed by atoms with Crippen molar-refractivity contribution in [2.45, 2.75) is 32.8 Å². The molecule has 2 aromatic carbocycles. The normalized spacial score (nSPS) is 13.6. The van der Waals surface area contributed by atoms with Crippen LogP contribution in [-0.4, -0.2) is 25.7 Å². The van der Waals surface area contributed by atoms with Gasteiger partial charge in [-0.2, -0.15) is 0 Å². The Morgan fingerprint density at radius 1 is 1.12 bits per heavy atom. The number of benzene rings is 2. The third-order valence-corrected chi connectivity index (χ3v) is 4.13. The lowest BCUT2D eigenvalue weighted by Crippen LogP contribution is -2.35. The fraction of sp³-hybridized carbons (Fsp3) is 0.350. The molecule has 3 rings (SSSR count). The standard InChI is InChI=1S/C20H23NO3/c1-14(2)24-18-11-10-16(13-19(18)23-3)20(22)21-12-6-8-15-7-4-5-9-17(15)21/h4-5,7,9-11,13-14H,6,8,12H2,1-3H3. The van der Waals surface area contributed by atoms with Crippen LogP contribution in [0.4, 0.5) is 5.69 Å². The van der Waals surface area contributed by atoms with Gasteiger partial charge in [-0.3, -0.25) is 4.79 Å². The smallest absolute Gasteiger partial charge is 0.258 e. The van der Waals surface area contributed by atoms with Crippen LogP contribution in [0, 0.1) is 0 Å². The Bertz CT molecular complexity index is 739. The lowest BCUT2D eigenvalue weighted by molar-refractivity contribution is 0.0984. The molecule has 2 aromatic rings. The summed E-state index contributed by atoms with van der Waals surface area (Å²) in [6, 6.07) is 13.5. The van der Waals surface area contributed by atoms with Gasteiger partial charge in [0.1, 0.15) is 0 Å². The van der Waals surface area contributed by atoms with Crippen LogP contribution in [0.25, 0.3) is 0 Å². The molecule has 0 unspecified atom stereocenters.